The first-order valence-electron chi connectivity index (χ1n) is 8.56. The molecule has 2 N–H and O–H groups in total. The summed E-state index contributed by atoms with van der Waals surface area (Å²) in [5, 5.41) is 5.06. The van der Waals surface area contributed by atoms with Crippen molar-refractivity contribution in [3.05, 3.63) is 52.0 Å². The van der Waals surface area contributed by atoms with Crippen LogP contribution in [0.5, 0.6) is 11.5 Å². The molecule has 2 aromatic rings. The van der Waals surface area contributed by atoms with Crippen LogP contribution in [0.15, 0.2) is 40.9 Å². The number of halogens is 1. The summed E-state index contributed by atoms with van der Waals surface area (Å²) in [6.45, 7) is 1.08. The molecule has 154 valence electrons. The Labute approximate surface area is 176 Å². The van der Waals surface area contributed by atoms with Gasteiger partial charge in [0.15, 0.2) is 18.1 Å². The van der Waals surface area contributed by atoms with Gasteiger partial charge in [0.05, 0.1) is 19.9 Å². The fourth-order valence-electron chi connectivity index (χ4n) is 2.34. The summed E-state index contributed by atoms with van der Waals surface area (Å²) in [5.74, 6) is -0.849. The van der Waals surface area contributed by atoms with Gasteiger partial charge in [0.25, 0.3) is 11.8 Å². The lowest BCUT2D eigenvalue weighted by atomic mass is 10.2. The molecule has 0 spiro atoms. The van der Waals surface area contributed by atoms with Crippen LogP contribution in [0.25, 0.3) is 0 Å². The van der Waals surface area contributed by atoms with Crippen LogP contribution in [0, 0.1) is 6.92 Å². The maximum atomic E-state index is 12.2. The highest BCUT2D eigenvalue weighted by Crippen LogP contribution is 2.27. The van der Waals surface area contributed by atoms with Gasteiger partial charge in [0, 0.05) is 10.0 Å². The Hall–Kier alpha value is -3.07. The minimum Gasteiger partial charge on any atom is -0.493 e. The van der Waals surface area contributed by atoms with E-state index in [-0.39, 0.29) is 12.1 Å². The van der Waals surface area contributed by atoms with Crippen molar-refractivity contribution in [2.75, 3.05) is 32.7 Å². The van der Waals surface area contributed by atoms with E-state index in [9.17, 15) is 14.4 Å². The van der Waals surface area contributed by atoms with Crippen LogP contribution in [0.3, 0.4) is 0 Å². The van der Waals surface area contributed by atoms with E-state index in [1.54, 1.807) is 12.1 Å². The van der Waals surface area contributed by atoms with E-state index in [2.05, 4.69) is 26.6 Å². The lowest BCUT2D eigenvalue weighted by Crippen LogP contribution is -2.32. The normalized spacial score (nSPS) is 10.1. The molecule has 0 saturated heterocycles. The maximum Gasteiger partial charge on any atom is 0.325 e. The molecule has 2 aromatic carbocycles. The van der Waals surface area contributed by atoms with Crippen LogP contribution in [0.2, 0.25) is 0 Å². The number of aryl methyl sites for hydroxylation is 1. The maximum absolute atomic E-state index is 12.2. The number of methoxy groups -OCH3 is 2. The van der Waals surface area contributed by atoms with Crippen molar-refractivity contribution in [3.63, 3.8) is 0 Å². The van der Waals surface area contributed by atoms with Gasteiger partial charge in [-0.25, -0.2) is 0 Å². The number of amides is 2. The summed E-state index contributed by atoms with van der Waals surface area (Å²) in [7, 11) is 2.94. The summed E-state index contributed by atoms with van der Waals surface area (Å²) in [5.41, 5.74) is 1.89. The Kier molecular flexibility index (Phi) is 8.02. The zero-order chi connectivity index (χ0) is 21.4. The minimum atomic E-state index is -0.739. The second-order valence-electron chi connectivity index (χ2n) is 5.94. The molecule has 0 aliphatic rings. The third kappa shape index (κ3) is 6.49. The van der Waals surface area contributed by atoms with E-state index >= 15 is 0 Å². The van der Waals surface area contributed by atoms with Crippen LogP contribution in [0.4, 0.5) is 5.69 Å². The molecule has 2 amide bonds. The number of hydrogen-bond donors (Lipinski definition) is 2. The predicted molar refractivity (Wildman–Crippen MR) is 110 cm³/mol. The van der Waals surface area contributed by atoms with Crippen molar-refractivity contribution in [1.29, 1.82) is 0 Å². The lowest BCUT2D eigenvalue weighted by molar-refractivity contribution is -0.146. The van der Waals surface area contributed by atoms with E-state index in [1.807, 2.05) is 19.1 Å². The number of hydrogen-bond acceptors (Lipinski definition) is 6. The van der Waals surface area contributed by atoms with E-state index in [0.29, 0.717) is 17.2 Å². The Morgan fingerprint density at radius 2 is 1.72 bits per heavy atom. The second-order valence-corrected chi connectivity index (χ2v) is 6.80. The molecular weight excluding hydrogens is 444 g/mol. The van der Waals surface area contributed by atoms with E-state index in [1.165, 1.54) is 26.4 Å². The fourth-order valence-corrected chi connectivity index (χ4v) is 2.93. The third-order valence-electron chi connectivity index (χ3n) is 3.80. The summed E-state index contributed by atoms with van der Waals surface area (Å²) >= 11 is 3.35. The monoisotopic (exact) mass is 464 g/mol. The molecule has 0 aliphatic carbocycles. The number of anilines is 1. The summed E-state index contributed by atoms with van der Waals surface area (Å²) in [4.78, 5) is 35.9. The second kappa shape index (κ2) is 10.5. The number of ether oxygens (including phenoxy) is 3. The molecule has 9 heteroatoms. The Morgan fingerprint density at radius 3 is 2.38 bits per heavy atom. The van der Waals surface area contributed by atoms with Crippen LogP contribution in [0.1, 0.15) is 15.9 Å². The largest absolute Gasteiger partial charge is 0.493 e. The molecule has 0 saturated carbocycles. The number of carbonyl (C=O) groups is 3. The van der Waals surface area contributed by atoms with Gasteiger partial charge in [-0.3, -0.25) is 14.4 Å². The highest BCUT2D eigenvalue weighted by atomic mass is 79.9. The van der Waals surface area contributed by atoms with Crippen molar-refractivity contribution >= 4 is 39.4 Å². The summed E-state index contributed by atoms with van der Waals surface area (Å²) in [6, 6.07) is 10.0. The molecule has 29 heavy (non-hydrogen) atoms. The van der Waals surface area contributed by atoms with Crippen molar-refractivity contribution in [2.24, 2.45) is 0 Å². The summed E-state index contributed by atoms with van der Waals surface area (Å²) in [6.07, 6.45) is 0. The van der Waals surface area contributed by atoms with E-state index in [4.69, 9.17) is 14.2 Å². The molecule has 0 aliphatic heterocycles. The van der Waals surface area contributed by atoms with Crippen LogP contribution < -0.4 is 20.1 Å². The molecule has 0 atom stereocenters. The fraction of sp³-hybridized carbons (Fsp3) is 0.250. The Bertz CT molecular complexity index is 916. The molecule has 0 fully saturated rings. The first-order valence-corrected chi connectivity index (χ1v) is 9.35. The van der Waals surface area contributed by atoms with Crippen LogP contribution in [-0.2, 0) is 14.3 Å². The van der Waals surface area contributed by atoms with Crippen molar-refractivity contribution < 1.29 is 28.6 Å². The first kappa shape index (κ1) is 22.2. The van der Waals surface area contributed by atoms with Gasteiger partial charge in [-0.05, 0) is 58.7 Å². The molecular formula is C20H21BrN2O6. The van der Waals surface area contributed by atoms with Crippen molar-refractivity contribution in [3.8, 4) is 11.5 Å². The zero-order valence-corrected chi connectivity index (χ0v) is 17.8. The average molecular weight is 465 g/mol. The van der Waals surface area contributed by atoms with E-state index in [0.717, 1.165) is 10.0 Å². The number of rotatable bonds is 8. The summed E-state index contributed by atoms with van der Waals surface area (Å²) < 4.78 is 15.8. The molecule has 0 unspecified atom stereocenters. The molecule has 0 aromatic heterocycles. The van der Waals surface area contributed by atoms with Gasteiger partial charge in [-0.2, -0.15) is 0 Å². The quantitative estimate of drug-likeness (QED) is 0.582. The van der Waals surface area contributed by atoms with Gasteiger partial charge < -0.3 is 24.8 Å². The van der Waals surface area contributed by atoms with Gasteiger partial charge in [0.1, 0.15) is 6.54 Å². The first-order chi connectivity index (χ1) is 13.8. The molecule has 0 radical (unpaired) electrons. The lowest BCUT2D eigenvalue weighted by Gasteiger charge is -2.10. The molecule has 0 bridgehead atoms. The van der Waals surface area contributed by atoms with Crippen molar-refractivity contribution in [2.45, 2.75) is 6.92 Å². The molecule has 8 nitrogen and oxygen atoms in total. The Morgan fingerprint density at radius 1 is 1.00 bits per heavy atom. The van der Waals surface area contributed by atoms with Crippen LogP contribution in [-0.4, -0.2) is 45.2 Å². The minimum absolute atomic E-state index is 0.289. The third-order valence-corrected chi connectivity index (χ3v) is 4.46. The van der Waals surface area contributed by atoms with Gasteiger partial charge in [0.2, 0.25) is 0 Å². The highest BCUT2D eigenvalue weighted by molar-refractivity contribution is 9.10. The van der Waals surface area contributed by atoms with Crippen molar-refractivity contribution in [1.82, 2.24) is 5.32 Å². The van der Waals surface area contributed by atoms with Gasteiger partial charge in [-0.1, -0.05) is 6.07 Å². The van der Waals surface area contributed by atoms with E-state index < -0.39 is 24.4 Å². The van der Waals surface area contributed by atoms with Gasteiger partial charge >= 0.3 is 5.97 Å². The average Bonchev–Trinajstić information content (AvgIpc) is 2.71. The standard InChI is InChI=1S/C20H21BrN2O6/c1-12-4-6-15(14(21)8-12)23-18(24)11-29-19(25)10-22-20(26)13-5-7-16(27-2)17(9-13)28-3/h4-9H,10-11H2,1-3H3,(H,22,26)(H,23,24). The number of carbonyl (C=O) groups excluding carboxylic acids is 3. The molecule has 0 heterocycles. The number of esters is 1. The van der Waals surface area contributed by atoms with Crippen LogP contribution >= 0.6 is 15.9 Å². The van der Waals surface area contributed by atoms with Gasteiger partial charge in [-0.15, -0.1) is 0 Å². The number of benzene rings is 2. The predicted octanol–water partition coefficient (Wildman–Crippen LogP) is 2.69. The SMILES string of the molecule is COc1ccc(C(=O)NCC(=O)OCC(=O)Nc2ccc(C)cc2Br)cc1OC. The zero-order valence-electron chi connectivity index (χ0n) is 16.2. The topological polar surface area (TPSA) is 103 Å². The number of nitrogens with one attached hydrogen (secondary N) is 2. The highest BCUT2D eigenvalue weighted by Gasteiger charge is 2.14. The molecule has 2 rings (SSSR count). The Balaban J connectivity index is 1.80. The smallest absolute Gasteiger partial charge is 0.325 e.